The van der Waals surface area contributed by atoms with Gasteiger partial charge in [-0.1, -0.05) is 47.5 Å². The minimum Gasteiger partial charge on any atom is -0.319 e. The first kappa shape index (κ1) is 17.9. The number of carbonyl (C=O) groups is 3. The number of imide groups is 1. The molecule has 1 aliphatic heterocycles. The normalized spacial score (nSPS) is 19.6. The van der Waals surface area contributed by atoms with E-state index in [-0.39, 0.29) is 12.3 Å². The first-order valence-corrected chi connectivity index (χ1v) is 8.54. The van der Waals surface area contributed by atoms with Gasteiger partial charge < -0.3 is 5.32 Å². The second kappa shape index (κ2) is 6.41. The summed E-state index contributed by atoms with van der Waals surface area (Å²) < 4.78 is 0. The number of aryl methyl sites for hydroxylation is 3. The van der Waals surface area contributed by atoms with Gasteiger partial charge in [-0.15, -0.1) is 0 Å². The van der Waals surface area contributed by atoms with Crippen molar-refractivity contribution in [3.05, 3.63) is 70.3 Å². The van der Waals surface area contributed by atoms with Crippen molar-refractivity contribution in [1.29, 1.82) is 0 Å². The van der Waals surface area contributed by atoms with Crippen LogP contribution in [-0.4, -0.2) is 29.2 Å². The molecule has 3 amide bonds. The highest BCUT2D eigenvalue weighted by molar-refractivity contribution is 6.11. The van der Waals surface area contributed by atoms with Gasteiger partial charge in [0.25, 0.3) is 5.91 Å². The summed E-state index contributed by atoms with van der Waals surface area (Å²) >= 11 is 0. The van der Waals surface area contributed by atoms with Crippen LogP contribution in [0, 0.1) is 20.8 Å². The number of benzene rings is 2. The minimum absolute atomic E-state index is 0.247. The topological polar surface area (TPSA) is 66.5 Å². The maximum absolute atomic E-state index is 12.9. The Kier molecular flexibility index (Phi) is 4.40. The number of hydrogen-bond donors (Lipinski definition) is 1. The third-order valence-electron chi connectivity index (χ3n) is 4.90. The van der Waals surface area contributed by atoms with Crippen molar-refractivity contribution in [2.24, 2.45) is 0 Å². The Balaban J connectivity index is 1.86. The van der Waals surface area contributed by atoms with Gasteiger partial charge in [-0.25, -0.2) is 4.79 Å². The van der Waals surface area contributed by atoms with Crippen molar-refractivity contribution in [3.8, 4) is 0 Å². The zero-order chi connectivity index (χ0) is 19.1. The van der Waals surface area contributed by atoms with Crippen LogP contribution < -0.4 is 5.32 Å². The summed E-state index contributed by atoms with van der Waals surface area (Å²) in [6.07, 6.45) is 0. The summed E-state index contributed by atoms with van der Waals surface area (Å²) in [5.74, 6) is -0.659. The molecule has 2 aromatic rings. The van der Waals surface area contributed by atoms with Crippen LogP contribution in [0.4, 0.5) is 4.79 Å². The number of Topliss-reactive ketones (excluding diaryl/α,β-unsaturated/α-hetero) is 1. The van der Waals surface area contributed by atoms with E-state index in [0.29, 0.717) is 11.1 Å². The number of urea groups is 1. The molecule has 0 bridgehead atoms. The van der Waals surface area contributed by atoms with E-state index in [9.17, 15) is 14.4 Å². The van der Waals surface area contributed by atoms with Gasteiger partial charge in [0.05, 0.1) is 6.54 Å². The molecule has 0 aromatic heterocycles. The average molecular weight is 350 g/mol. The lowest BCUT2D eigenvalue weighted by Crippen LogP contribution is -2.41. The van der Waals surface area contributed by atoms with E-state index in [0.717, 1.165) is 21.6 Å². The van der Waals surface area contributed by atoms with Crippen molar-refractivity contribution < 1.29 is 14.4 Å². The molecule has 1 atom stereocenters. The van der Waals surface area contributed by atoms with Gasteiger partial charge in [0.1, 0.15) is 5.54 Å². The Bertz CT molecular complexity index is 902. The van der Waals surface area contributed by atoms with Crippen LogP contribution in [-0.2, 0) is 10.3 Å². The molecule has 3 rings (SSSR count). The Hall–Kier alpha value is -2.95. The molecule has 134 valence electrons. The molecule has 0 spiro atoms. The van der Waals surface area contributed by atoms with E-state index in [2.05, 4.69) is 5.32 Å². The van der Waals surface area contributed by atoms with Crippen LogP contribution in [0.15, 0.2) is 42.5 Å². The minimum atomic E-state index is -1.16. The first-order chi connectivity index (χ1) is 12.2. The molecule has 0 saturated carbocycles. The lowest BCUT2D eigenvalue weighted by atomic mass is 9.91. The van der Waals surface area contributed by atoms with Gasteiger partial charge in [-0.2, -0.15) is 0 Å². The monoisotopic (exact) mass is 350 g/mol. The van der Waals surface area contributed by atoms with E-state index in [1.807, 2.05) is 57.2 Å². The summed E-state index contributed by atoms with van der Waals surface area (Å²) in [6.45, 7) is 7.10. The second-order valence-corrected chi connectivity index (χ2v) is 7.05. The molecule has 5 heteroatoms. The summed E-state index contributed by atoms with van der Waals surface area (Å²) in [5.41, 5.74) is 2.93. The zero-order valence-electron chi connectivity index (χ0n) is 15.4. The fraction of sp³-hybridized carbons (Fsp3) is 0.286. The first-order valence-electron chi connectivity index (χ1n) is 8.54. The summed E-state index contributed by atoms with van der Waals surface area (Å²) in [6, 6.07) is 12.5. The van der Waals surface area contributed by atoms with Crippen LogP contribution in [0.5, 0.6) is 0 Å². The van der Waals surface area contributed by atoms with Gasteiger partial charge in [-0.3, -0.25) is 14.5 Å². The van der Waals surface area contributed by atoms with Crippen LogP contribution in [0.1, 0.15) is 39.5 Å². The molecular weight excluding hydrogens is 328 g/mol. The van der Waals surface area contributed by atoms with Crippen molar-refractivity contribution in [1.82, 2.24) is 10.2 Å². The predicted octanol–water partition coefficient (Wildman–Crippen LogP) is 3.26. The van der Waals surface area contributed by atoms with E-state index < -0.39 is 17.5 Å². The highest BCUT2D eigenvalue weighted by Gasteiger charge is 2.49. The number of hydrogen-bond acceptors (Lipinski definition) is 3. The maximum Gasteiger partial charge on any atom is 0.325 e. The Morgan fingerprint density at radius 3 is 2.27 bits per heavy atom. The van der Waals surface area contributed by atoms with E-state index >= 15 is 0 Å². The largest absolute Gasteiger partial charge is 0.325 e. The molecule has 1 heterocycles. The standard InChI is InChI=1S/C21H22N2O3/c1-13-6-9-16(10-7-13)21(4)19(25)23(20(26)22-21)12-18(24)17-11-14(2)5-8-15(17)3/h5-11H,12H2,1-4H3,(H,22,26). The van der Waals surface area contributed by atoms with Crippen molar-refractivity contribution in [3.63, 3.8) is 0 Å². The van der Waals surface area contributed by atoms with E-state index in [1.165, 1.54) is 0 Å². The molecule has 5 nitrogen and oxygen atoms in total. The molecule has 1 aliphatic rings. The Morgan fingerprint density at radius 2 is 1.62 bits per heavy atom. The van der Waals surface area contributed by atoms with Gasteiger partial charge in [0, 0.05) is 5.56 Å². The average Bonchev–Trinajstić information content (AvgIpc) is 2.81. The number of amides is 3. The predicted molar refractivity (Wildman–Crippen MR) is 99.0 cm³/mol. The molecule has 0 aliphatic carbocycles. The smallest absolute Gasteiger partial charge is 0.319 e. The molecule has 0 radical (unpaired) electrons. The molecule has 2 aromatic carbocycles. The molecule has 1 fully saturated rings. The summed E-state index contributed by atoms with van der Waals surface area (Å²) in [5, 5.41) is 2.73. The Morgan fingerprint density at radius 1 is 1.00 bits per heavy atom. The quantitative estimate of drug-likeness (QED) is 0.680. The van der Waals surface area contributed by atoms with Gasteiger partial charge >= 0.3 is 6.03 Å². The highest BCUT2D eigenvalue weighted by Crippen LogP contribution is 2.29. The molecule has 1 unspecified atom stereocenters. The van der Waals surface area contributed by atoms with Gasteiger partial charge in [0.15, 0.2) is 5.78 Å². The SMILES string of the molecule is Cc1ccc(C2(C)NC(=O)N(CC(=O)c3cc(C)ccc3C)C2=O)cc1. The lowest BCUT2D eigenvalue weighted by molar-refractivity contribution is -0.130. The van der Waals surface area contributed by atoms with Crippen molar-refractivity contribution in [2.45, 2.75) is 33.2 Å². The maximum atomic E-state index is 12.9. The Labute approximate surface area is 153 Å². The van der Waals surface area contributed by atoms with E-state index in [1.54, 1.807) is 13.0 Å². The van der Waals surface area contributed by atoms with Gasteiger partial charge in [0.2, 0.25) is 0 Å². The zero-order valence-corrected chi connectivity index (χ0v) is 15.4. The van der Waals surface area contributed by atoms with Crippen LogP contribution in [0.25, 0.3) is 0 Å². The van der Waals surface area contributed by atoms with Crippen molar-refractivity contribution in [2.75, 3.05) is 6.54 Å². The summed E-state index contributed by atoms with van der Waals surface area (Å²) in [7, 11) is 0. The molecular formula is C21H22N2O3. The van der Waals surface area contributed by atoms with Gasteiger partial charge in [-0.05, 0) is 44.9 Å². The summed E-state index contributed by atoms with van der Waals surface area (Å²) in [4.78, 5) is 39.0. The number of ketones is 1. The fourth-order valence-electron chi connectivity index (χ4n) is 3.19. The third kappa shape index (κ3) is 3.01. The number of carbonyl (C=O) groups excluding carboxylic acids is 3. The second-order valence-electron chi connectivity index (χ2n) is 7.05. The van der Waals surface area contributed by atoms with Crippen LogP contribution in [0.2, 0.25) is 0 Å². The number of rotatable bonds is 4. The third-order valence-corrected chi connectivity index (χ3v) is 4.90. The van der Waals surface area contributed by atoms with E-state index in [4.69, 9.17) is 0 Å². The van der Waals surface area contributed by atoms with Crippen LogP contribution >= 0.6 is 0 Å². The fourth-order valence-corrected chi connectivity index (χ4v) is 3.19. The van der Waals surface area contributed by atoms with Crippen LogP contribution in [0.3, 0.4) is 0 Å². The van der Waals surface area contributed by atoms with Crippen molar-refractivity contribution >= 4 is 17.7 Å². The molecule has 26 heavy (non-hydrogen) atoms. The number of nitrogens with zero attached hydrogens (tertiary/aromatic N) is 1. The number of nitrogens with one attached hydrogen (secondary N) is 1. The highest BCUT2D eigenvalue weighted by atomic mass is 16.2. The molecule has 1 N–H and O–H groups in total. The lowest BCUT2D eigenvalue weighted by Gasteiger charge is -2.22. The molecule has 1 saturated heterocycles.